The van der Waals surface area contributed by atoms with Gasteiger partial charge in [0.1, 0.15) is 10.9 Å². The van der Waals surface area contributed by atoms with Gasteiger partial charge in [-0.25, -0.2) is 0 Å². The molecular weight excluding hydrogens is 390 g/mol. The second-order valence-electron chi connectivity index (χ2n) is 7.47. The Bertz CT molecular complexity index is 751. The van der Waals surface area contributed by atoms with Gasteiger partial charge in [-0.2, -0.15) is 5.26 Å². The van der Waals surface area contributed by atoms with Crippen molar-refractivity contribution in [3.8, 4) is 6.07 Å². The van der Waals surface area contributed by atoms with E-state index in [1.165, 1.54) is 11.3 Å². The van der Waals surface area contributed by atoms with Crippen LogP contribution in [0.1, 0.15) is 48.3 Å². The van der Waals surface area contributed by atoms with E-state index in [2.05, 4.69) is 6.07 Å². The van der Waals surface area contributed by atoms with Gasteiger partial charge in [0, 0.05) is 23.6 Å². The monoisotopic (exact) mass is 419 g/mol. The SMILES string of the molecule is N#Cc1ccc(CC[C@H](O)/C=C/[C@@H]2[C@@H](C/C=C\CCCC(=O)O)[C@@H](O)C[C@H]2O)s1. The zero-order chi connectivity index (χ0) is 21.2. The minimum absolute atomic E-state index is 0.125. The van der Waals surface area contributed by atoms with E-state index in [9.17, 15) is 20.1 Å². The zero-order valence-electron chi connectivity index (χ0n) is 16.4. The summed E-state index contributed by atoms with van der Waals surface area (Å²) in [7, 11) is 0. The quantitative estimate of drug-likeness (QED) is 0.323. The predicted molar refractivity (Wildman–Crippen MR) is 111 cm³/mol. The summed E-state index contributed by atoms with van der Waals surface area (Å²) in [5, 5.41) is 48.3. The van der Waals surface area contributed by atoms with Gasteiger partial charge in [-0.05, 0) is 50.2 Å². The number of rotatable bonds is 11. The maximum atomic E-state index is 10.5. The number of aliphatic carboxylic acids is 1. The van der Waals surface area contributed by atoms with Crippen molar-refractivity contribution in [2.45, 2.75) is 63.3 Å². The van der Waals surface area contributed by atoms with Crippen molar-refractivity contribution in [1.29, 1.82) is 5.26 Å². The van der Waals surface area contributed by atoms with E-state index in [-0.39, 0.29) is 18.3 Å². The molecule has 2 rings (SSSR count). The van der Waals surface area contributed by atoms with Crippen LogP contribution in [-0.2, 0) is 11.2 Å². The fourth-order valence-electron chi connectivity index (χ4n) is 3.66. The third-order valence-electron chi connectivity index (χ3n) is 5.27. The Morgan fingerprint density at radius 2 is 2.10 bits per heavy atom. The van der Waals surface area contributed by atoms with Crippen LogP contribution in [0.25, 0.3) is 0 Å². The van der Waals surface area contributed by atoms with E-state index in [1.807, 2.05) is 24.3 Å². The molecule has 1 heterocycles. The topological polar surface area (TPSA) is 122 Å². The van der Waals surface area contributed by atoms with Gasteiger partial charge in [-0.3, -0.25) is 4.79 Å². The summed E-state index contributed by atoms with van der Waals surface area (Å²) in [6, 6.07) is 5.78. The highest BCUT2D eigenvalue weighted by Crippen LogP contribution is 2.36. The number of aliphatic hydroxyl groups excluding tert-OH is 3. The summed E-state index contributed by atoms with van der Waals surface area (Å²) in [5.74, 6) is -1.16. The summed E-state index contributed by atoms with van der Waals surface area (Å²) >= 11 is 1.43. The highest BCUT2D eigenvalue weighted by atomic mass is 32.1. The van der Waals surface area contributed by atoms with E-state index >= 15 is 0 Å². The lowest BCUT2D eigenvalue weighted by Gasteiger charge is -2.19. The first-order valence-corrected chi connectivity index (χ1v) is 10.8. The number of nitrogens with zero attached hydrogens (tertiary/aromatic N) is 1. The lowest BCUT2D eigenvalue weighted by atomic mass is 9.89. The molecule has 7 heteroatoms. The van der Waals surface area contributed by atoms with Crippen LogP contribution >= 0.6 is 11.3 Å². The van der Waals surface area contributed by atoms with E-state index in [1.54, 1.807) is 12.1 Å². The summed E-state index contributed by atoms with van der Waals surface area (Å²) < 4.78 is 0. The highest BCUT2D eigenvalue weighted by molar-refractivity contribution is 7.12. The molecule has 1 aromatic rings. The Kier molecular flexibility index (Phi) is 9.55. The van der Waals surface area contributed by atoms with Crippen molar-refractivity contribution < 1.29 is 25.2 Å². The summed E-state index contributed by atoms with van der Waals surface area (Å²) in [5.41, 5.74) is 0. The van der Waals surface area contributed by atoms with Crippen molar-refractivity contribution in [3.63, 3.8) is 0 Å². The first-order valence-electron chi connectivity index (χ1n) is 9.98. The Morgan fingerprint density at radius 3 is 2.79 bits per heavy atom. The smallest absolute Gasteiger partial charge is 0.303 e. The molecule has 1 saturated carbocycles. The first-order chi connectivity index (χ1) is 13.9. The van der Waals surface area contributed by atoms with Crippen molar-refractivity contribution in [3.05, 3.63) is 46.2 Å². The molecular formula is C22H29NO5S. The van der Waals surface area contributed by atoms with Gasteiger partial charge in [0.2, 0.25) is 0 Å². The fraction of sp³-hybridized carbons (Fsp3) is 0.545. The van der Waals surface area contributed by atoms with Crippen LogP contribution in [0.3, 0.4) is 0 Å². The number of hydrogen-bond acceptors (Lipinski definition) is 6. The summed E-state index contributed by atoms with van der Waals surface area (Å²) in [4.78, 5) is 12.2. The molecule has 0 aromatic carbocycles. The minimum atomic E-state index is -0.805. The predicted octanol–water partition coefficient (Wildman–Crippen LogP) is 3.03. The number of thiophene rings is 1. The molecule has 1 aromatic heterocycles. The normalized spacial score (nSPS) is 25.6. The number of carboxylic acid groups (broad SMARTS) is 1. The Labute approximate surface area is 175 Å². The molecule has 1 aliphatic carbocycles. The summed E-state index contributed by atoms with van der Waals surface area (Å²) in [6.07, 6.45) is 8.98. The molecule has 5 atom stereocenters. The van der Waals surface area contributed by atoms with Crippen LogP contribution in [0.5, 0.6) is 0 Å². The number of carboxylic acids is 1. The van der Waals surface area contributed by atoms with E-state index in [4.69, 9.17) is 10.4 Å². The van der Waals surface area contributed by atoms with Crippen molar-refractivity contribution >= 4 is 17.3 Å². The Morgan fingerprint density at radius 1 is 1.31 bits per heavy atom. The second-order valence-corrected chi connectivity index (χ2v) is 8.64. The third-order valence-corrected chi connectivity index (χ3v) is 6.32. The number of nitriles is 1. The van der Waals surface area contributed by atoms with E-state index < -0.39 is 24.3 Å². The molecule has 1 fully saturated rings. The van der Waals surface area contributed by atoms with Crippen LogP contribution in [0.15, 0.2) is 36.4 Å². The van der Waals surface area contributed by atoms with Gasteiger partial charge in [0.25, 0.3) is 0 Å². The standard InChI is InChI=1S/C22H29NO5S/c23-14-17-11-10-16(29-17)9-7-15(24)8-12-19-18(20(25)13-21(19)26)5-3-1-2-4-6-22(27)28/h1,3,8,10-12,15,18-21,24-26H,2,4-7,9,13H2,(H,27,28)/b3-1-,12-8+/t15-,18+,19+,20-,21+/m0/s1. The van der Waals surface area contributed by atoms with Gasteiger partial charge in [-0.1, -0.05) is 24.3 Å². The molecule has 0 saturated heterocycles. The number of hydrogen-bond donors (Lipinski definition) is 4. The molecule has 0 spiro atoms. The molecule has 0 unspecified atom stereocenters. The number of aliphatic hydroxyl groups is 3. The van der Waals surface area contributed by atoms with Gasteiger partial charge in [0.05, 0.1) is 18.3 Å². The first kappa shape index (κ1) is 23.3. The van der Waals surface area contributed by atoms with Gasteiger partial charge in [0.15, 0.2) is 0 Å². The molecule has 0 amide bonds. The Balaban J connectivity index is 1.82. The lowest BCUT2D eigenvalue weighted by molar-refractivity contribution is -0.137. The molecule has 0 radical (unpaired) electrons. The lowest BCUT2D eigenvalue weighted by Crippen LogP contribution is -2.20. The Hall–Kier alpha value is -1.98. The van der Waals surface area contributed by atoms with Crippen LogP contribution in [0.4, 0.5) is 0 Å². The van der Waals surface area contributed by atoms with Crippen molar-refractivity contribution in [1.82, 2.24) is 0 Å². The van der Waals surface area contributed by atoms with E-state index in [0.717, 1.165) is 4.88 Å². The van der Waals surface area contributed by atoms with Crippen LogP contribution in [0, 0.1) is 23.2 Å². The number of carbonyl (C=O) groups is 1. The maximum absolute atomic E-state index is 10.5. The van der Waals surface area contributed by atoms with Crippen LogP contribution in [-0.4, -0.2) is 44.7 Å². The minimum Gasteiger partial charge on any atom is -0.481 e. The second kappa shape index (κ2) is 11.9. The molecule has 1 aliphatic rings. The molecule has 29 heavy (non-hydrogen) atoms. The van der Waals surface area contributed by atoms with Crippen molar-refractivity contribution in [2.75, 3.05) is 0 Å². The largest absolute Gasteiger partial charge is 0.481 e. The number of unbranched alkanes of at least 4 members (excludes halogenated alkanes) is 1. The summed E-state index contributed by atoms with van der Waals surface area (Å²) in [6.45, 7) is 0. The van der Waals surface area contributed by atoms with Gasteiger partial charge < -0.3 is 20.4 Å². The third kappa shape index (κ3) is 7.75. The molecule has 0 aliphatic heterocycles. The average Bonchev–Trinajstić information content (AvgIpc) is 3.25. The zero-order valence-corrected chi connectivity index (χ0v) is 17.2. The molecule has 0 bridgehead atoms. The molecule has 6 nitrogen and oxygen atoms in total. The van der Waals surface area contributed by atoms with E-state index in [0.29, 0.717) is 43.4 Å². The molecule has 4 N–H and O–H groups in total. The average molecular weight is 420 g/mol. The maximum Gasteiger partial charge on any atom is 0.303 e. The van der Waals surface area contributed by atoms with Crippen LogP contribution < -0.4 is 0 Å². The highest BCUT2D eigenvalue weighted by Gasteiger charge is 2.39. The molecule has 158 valence electrons. The number of allylic oxidation sites excluding steroid dienone is 2. The van der Waals surface area contributed by atoms with Gasteiger partial charge >= 0.3 is 5.97 Å². The van der Waals surface area contributed by atoms with Crippen LogP contribution in [0.2, 0.25) is 0 Å². The number of aryl methyl sites for hydroxylation is 1. The fourth-order valence-corrected chi connectivity index (χ4v) is 4.48. The van der Waals surface area contributed by atoms with Crippen molar-refractivity contribution in [2.24, 2.45) is 11.8 Å². The van der Waals surface area contributed by atoms with Gasteiger partial charge in [-0.15, -0.1) is 11.3 Å².